The van der Waals surface area contributed by atoms with E-state index in [1.165, 1.54) is 0 Å². The molecule has 1 unspecified atom stereocenters. The van der Waals surface area contributed by atoms with E-state index in [2.05, 4.69) is 0 Å². The molecule has 2 aromatic rings. The van der Waals surface area contributed by atoms with Crippen molar-refractivity contribution in [1.82, 2.24) is 9.21 Å². The first-order valence-corrected chi connectivity index (χ1v) is 13.3. The van der Waals surface area contributed by atoms with E-state index in [0.717, 1.165) is 0 Å². The first-order chi connectivity index (χ1) is 16.8. The van der Waals surface area contributed by atoms with Crippen LogP contribution in [-0.2, 0) is 14.8 Å². The van der Waals surface area contributed by atoms with Gasteiger partial charge in [-0.1, -0.05) is 30.3 Å². The Hall–Kier alpha value is -2.95. The number of carbonyl (C=O) groups is 1. The molecule has 9 nitrogen and oxygen atoms in total. The number of methoxy groups -OCH3 is 1. The highest BCUT2D eigenvalue weighted by Gasteiger charge is 2.36. The Balaban J connectivity index is 1.44. The second-order valence-electron chi connectivity index (χ2n) is 9.24. The van der Waals surface area contributed by atoms with E-state index in [1.54, 1.807) is 64.8 Å². The molecular formula is C25H33N5O4S. The number of nitrogens with one attached hydrogen (secondary N) is 1. The Morgan fingerprint density at radius 1 is 1.06 bits per heavy atom. The number of hydrogen-bond donors (Lipinski definition) is 2. The average molecular weight is 500 g/mol. The van der Waals surface area contributed by atoms with Crippen molar-refractivity contribution in [2.24, 2.45) is 17.6 Å². The lowest BCUT2D eigenvalue weighted by molar-refractivity contribution is 0.105. The number of nitrogens with two attached hydrogens (primary N) is 1. The number of rotatable bonds is 8. The molecule has 4 rings (SSSR count). The predicted octanol–water partition coefficient (Wildman–Crippen LogP) is 2.58. The third kappa shape index (κ3) is 5.66. The SMILES string of the molecule is COCC1CN(CC2CCN(S(=O)(=O)c3ccccc3)CC2)C(=O)N(c2cccc(C(=N)N)c2)C1. The molecule has 1 atom stereocenters. The Morgan fingerprint density at radius 3 is 2.43 bits per heavy atom. The van der Waals surface area contributed by atoms with Crippen LogP contribution in [0.15, 0.2) is 59.5 Å². The van der Waals surface area contributed by atoms with Gasteiger partial charge in [-0.05, 0) is 43.0 Å². The van der Waals surface area contributed by atoms with E-state index in [1.807, 2.05) is 11.0 Å². The van der Waals surface area contributed by atoms with Gasteiger partial charge in [-0.2, -0.15) is 4.31 Å². The molecule has 0 radical (unpaired) electrons. The molecule has 2 aliphatic rings. The number of piperidine rings is 1. The van der Waals surface area contributed by atoms with E-state index >= 15 is 0 Å². The van der Waals surface area contributed by atoms with Gasteiger partial charge in [-0.3, -0.25) is 10.3 Å². The van der Waals surface area contributed by atoms with Gasteiger partial charge in [0, 0.05) is 57.0 Å². The monoisotopic (exact) mass is 499 g/mol. The highest BCUT2D eigenvalue weighted by molar-refractivity contribution is 7.89. The van der Waals surface area contributed by atoms with Crippen molar-refractivity contribution < 1.29 is 17.9 Å². The predicted molar refractivity (Wildman–Crippen MR) is 135 cm³/mol. The summed E-state index contributed by atoms with van der Waals surface area (Å²) >= 11 is 0. The number of amidine groups is 1. The fourth-order valence-corrected chi connectivity index (χ4v) is 6.38. The Kier molecular flexibility index (Phi) is 7.73. The van der Waals surface area contributed by atoms with Crippen LogP contribution in [0.5, 0.6) is 0 Å². The van der Waals surface area contributed by atoms with E-state index in [-0.39, 0.29) is 23.7 Å². The van der Waals surface area contributed by atoms with Gasteiger partial charge in [0.1, 0.15) is 5.84 Å². The Morgan fingerprint density at radius 2 is 1.77 bits per heavy atom. The number of ether oxygens (including phenoxy) is 1. The molecule has 2 fully saturated rings. The van der Waals surface area contributed by atoms with Crippen molar-refractivity contribution in [2.75, 3.05) is 51.3 Å². The Labute approximate surface area is 207 Å². The van der Waals surface area contributed by atoms with Crippen LogP contribution in [0.4, 0.5) is 10.5 Å². The lowest BCUT2D eigenvalue weighted by atomic mass is 9.96. The lowest BCUT2D eigenvalue weighted by Gasteiger charge is -2.42. The van der Waals surface area contributed by atoms with Gasteiger partial charge >= 0.3 is 6.03 Å². The van der Waals surface area contributed by atoms with Gasteiger partial charge in [0.2, 0.25) is 10.0 Å². The standard InChI is InChI=1S/C25H33N5O4S/c1-34-18-20-16-28(25(31)30(17-20)22-7-5-6-21(14-22)24(26)27)15-19-10-12-29(13-11-19)35(32,33)23-8-3-2-4-9-23/h2-9,14,19-20H,10-13,15-18H2,1H3,(H3,26,27). The zero-order valence-electron chi connectivity index (χ0n) is 20.0. The molecule has 188 valence electrons. The largest absolute Gasteiger partial charge is 0.384 e. The number of anilines is 1. The number of carbonyl (C=O) groups excluding carboxylic acids is 1. The summed E-state index contributed by atoms with van der Waals surface area (Å²) in [6.07, 6.45) is 1.40. The highest BCUT2D eigenvalue weighted by Crippen LogP contribution is 2.28. The van der Waals surface area contributed by atoms with Gasteiger partial charge in [0.15, 0.2) is 0 Å². The van der Waals surface area contributed by atoms with E-state index < -0.39 is 10.0 Å². The number of nitrogens with zero attached hydrogens (tertiary/aromatic N) is 3. The average Bonchev–Trinajstić information content (AvgIpc) is 2.87. The minimum absolute atomic E-state index is 0.0428. The van der Waals surface area contributed by atoms with Crippen LogP contribution in [0.3, 0.4) is 0 Å². The third-order valence-corrected chi connectivity index (χ3v) is 8.64. The van der Waals surface area contributed by atoms with E-state index in [0.29, 0.717) is 68.3 Å². The smallest absolute Gasteiger partial charge is 0.324 e. The molecule has 0 bridgehead atoms. The molecule has 2 aromatic carbocycles. The molecule has 3 N–H and O–H groups in total. The zero-order valence-corrected chi connectivity index (χ0v) is 20.8. The van der Waals surface area contributed by atoms with Gasteiger partial charge in [-0.25, -0.2) is 13.2 Å². The van der Waals surface area contributed by atoms with Crippen LogP contribution in [0.1, 0.15) is 18.4 Å². The molecule has 2 aliphatic heterocycles. The van der Waals surface area contributed by atoms with Gasteiger partial charge in [0.25, 0.3) is 0 Å². The van der Waals surface area contributed by atoms with Crippen LogP contribution in [0.25, 0.3) is 0 Å². The first-order valence-electron chi connectivity index (χ1n) is 11.8. The lowest BCUT2D eigenvalue weighted by Crippen LogP contribution is -2.56. The summed E-state index contributed by atoms with van der Waals surface area (Å²) in [4.78, 5) is 17.4. The van der Waals surface area contributed by atoms with Crippen molar-refractivity contribution in [3.05, 3.63) is 60.2 Å². The number of hydrogen-bond acceptors (Lipinski definition) is 5. The summed E-state index contributed by atoms with van der Waals surface area (Å²) in [5, 5.41) is 7.72. The third-order valence-electron chi connectivity index (χ3n) is 6.73. The second kappa shape index (κ2) is 10.8. The first kappa shape index (κ1) is 25.2. The quantitative estimate of drug-likeness (QED) is 0.427. The van der Waals surface area contributed by atoms with Crippen LogP contribution < -0.4 is 10.6 Å². The summed E-state index contributed by atoms with van der Waals surface area (Å²) in [5.41, 5.74) is 6.93. The fourth-order valence-electron chi connectivity index (χ4n) is 4.89. The molecule has 0 spiro atoms. The second-order valence-corrected chi connectivity index (χ2v) is 11.2. The maximum atomic E-state index is 13.5. The number of benzene rings is 2. The summed E-state index contributed by atoms with van der Waals surface area (Å²) < 4.78 is 32.8. The normalized spacial score (nSPS) is 20.3. The number of urea groups is 1. The molecule has 2 heterocycles. The van der Waals surface area contributed by atoms with Crippen molar-refractivity contribution in [1.29, 1.82) is 5.41 Å². The summed E-state index contributed by atoms with van der Waals surface area (Å²) in [6.45, 7) is 3.10. The molecule has 35 heavy (non-hydrogen) atoms. The van der Waals surface area contributed by atoms with Crippen molar-refractivity contribution in [2.45, 2.75) is 17.7 Å². The zero-order chi connectivity index (χ0) is 25.0. The topological polar surface area (TPSA) is 120 Å². The highest BCUT2D eigenvalue weighted by atomic mass is 32.2. The minimum Gasteiger partial charge on any atom is -0.384 e. The number of sulfonamides is 1. The van der Waals surface area contributed by atoms with Gasteiger partial charge in [0.05, 0.1) is 11.5 Å². The van der Waals surface area contributed by atoms with Crippen LogP contribution in [0.2, 0.25) is 0 Å². The maximum absolute atomic E-state index is 13.5. The molecule has 2 amide bonds. The number of amides is 2. The van der Waals surface area contributed by atoms with E-state index in [9.17, 15) is 13.2 Å². The summed E-state index contributed by atoms with van der Waals surface area (Å²) in [5.74, 6) is 0.309. The van der Waals surface area contributed by atoms with Crippen LogP contribution in [0, 0.1) is 17.2 Å². The molecule has 0 aromatic heterocycles. The van der Waals surface area contributed by atoms with Gasteiger partial charge in [-0.15, -0.1) is 0 Å². The summed E-state index contributed by atoms with van der Waals surface area (Å²) in [6, 6.07) is 15.6. The minimum atomic E-state index is -3.50. The van der Waals surface area contributed by atoms with E-state index in [4.69, 9.17) is 15.9 Å². The molecule has 10 heteroatoms. The maximum Gasteiger partial charge on any atom is 0.324 e. The van der Waals surface area contributed by atoms with Crippen molar-refractivity contribution in [3.63, 3.8) is 0 Å². The van der Waals surface area contributed by atoms with Crippen LogP contribution in [-0.4, -0.2) is 75.9 Å². The van der Waals surface area contributed by atoms with Crippen LogP contribution >= 0.6 is 0 Å². The molecule has 0 aliphatic carbocycles. The summed E-state index contributed by atoms with van der Waals surface area (Å²) in [7, 11) is -1.84. The molecule has 0 saturated carbocycles. The van der Waals surface area contributed by atoms with Crippen molar-refractivity contribution in [3.8, 4) is 0 Å². The van der Waals surface area contributed by atoms with Crippen molar-refractivity contribution >= 4 is 27.6 Å². The Bertz CT molecular complexity index is 1150. The molecular weight excluding hydrogens is 466 g/mol. The molecule has 2 saturated heterocycles. The van der Waals surface area contributed by atoms with Gasteiger partial charge < -0.3 is 15.4 Å². The fraction of sp³-hybridized carbons (Fsp3) is 0.440. The number of nitrogen functional groups attached to an aromatic ring is 1.